The summed E-state index contributed by atoms with van der Waals surface area (Å²) in [6, 6.07) is 4.71. The molecule has 2 aromatic rings. The van der Waals surface area contributed by atoms with E-state index < -0.39 is 38.8 Å². The van der Waals surface area contributed by atoms with E-state index in [4.69, 9.17) is 4.74 Å². The minimum Gasteiger partial charge on any atom is -0.394 e. The molecule has 0 spiro atoms. The second kappa shape index (κ2) is 12.4. The average molecular weight is 600 g/mol. The molecule has 1 aliphatic carbocycles. The van der Waals surface area contributed by atoms with Crippen molar-refractivity contribution in [3.05, 3.63) is 41.1 Å². The molecular weight excluding hydrogens is 559 g/mol. The van der Waals surface area contributed by atoms with Crippen LogP contribution < -0.4 is 10.0 Å². The largest absolute Gasteiger partial charge is 0.417 e. The molecule has 1 saturated heterocycles. The van der Waals surface area contributed by atoms with Crippen molar-refractivity contribution in [3.63, 3.8) is 0 Å². The second-order valence-corrected chi connectivity index (χ2v) is 13.5. The van der Waals surface area contributed by atoms with Crippen LogP contribution in [0.2, 0.25) is 0 Å². The third kappa shape index (κ3) is 7.52. The highest BCUT2D eigenvalue weighted by Gasteiger charge is 2.39. The number of alkyl halides is 3. The number of sulfonamides is 1. The predicted octanol–water partition coefficient (Wildman–Crippen LogP) is 5.02. The quantitative estimate of drug-likeness (QED) is 0.375. The van der Waals surface area contributed by atoms with Crippen molar-refractivity contribution in [2.24, 2.45) is 5.92 Å². The van der Waals surface area contributed by atoms with E-state index in [9.17, 15) is 31.5 Å². The minimum absolute atomic E-state index is 0.0437. The molecule has 2 fully saturated rings. The first-order valence-corrected chi connectivity index (χ1v) is 15.7. The highest BCUT2D eigenvalue weighted by atomic mass is 32.2. The molecule has 1 aliphatic heterocycles. The summed E-state index contributed by atoms with van der Waals surface area (Å²) >= 11 is 0. The number of amides is 1. The smallest absolute Gasteiger partial charge is 0.394 e. The minimum atomic E-state index is -4.97. The number of carbonyl (C=O) groups excluding carboxylic acids is 1. The van der Waals surface area contributed by atoms with Crippen LogP contribution in [0, 0.1) is 12.8 Å². The van der Waals surface area contributed by atoms with Crippen molar-refractivity contribution in [1.82, 2.24) is 14.6 Å². The molecule has 3 N–H and O–H groups in total. The van der Waals surface area contributed by atoms with Crippen LogP contribution in [0.1, 0.15) is 80.4 Å². The molecule has 0 atom stereocenters. The van der Waals surface area contributed by atoms with E-state index in [0.717, 1.165) is 44.2 Å². The molecule has 0 radical (unpaired) electrons. The van der Waals surface area contributed by atoms with Crippen LogP contribution >= 0.6 is 0 Å². The zero-order valence-corrected chi connectivity index (χ0v) is 24.6. The van der Waals surface area contributed by atoms with Gasteiger partial charge >= 0.3 is 6.18 Å². The maximum absolute atomic E-state index is 14.3. The van der Waals surface area contributed by atoms with Gasteiger partial charge in [0.1, 0.15) is 0 Å². The fourth-order valence-corrected chi connectivity index (χ4v) is 7.29. The predicted molar refractivity (Wildman–Crippen MR) is 149 cm³/mol. The third-order valence-corrected chi connectivity index (χ3v) is 9.77. The van der Waals surface area contributed by atoms with Crippen LogP contribution in [-0.4, -0.2) is 55.4 Å². The number of hydrogen-bond acceptors (Lipinski definition) is 5. The van der Waals surface area contributed by atoms with Crippen molar-refractivity contribution in [1.29, 1.82) is 0 Å². The van der Waals surface area contributed by atoms with Gasteiger partial charge in [-0.15, -0.1) is 0 Å². The lowest BCUT2D eigenvalue weighted by Crippen LogP contribution is -2.46. The SMILES string of the molecule is Cc1c(C(=O)NC2CCOCC2)cc(-c2ccc(S(=O)(=O)NC(C)(C)CO)c(C(F)(F)F)c2)n1CC1CCCCC1. The van der Waals surface area contributed by atoms with E-state index in [-0.39, 0.29) is 17.5 Å². The van der Waals surface area contributed by atoms with Gasteiger partial charge in [-0.05, 0) is 76.1 Å². The van der Waals surface area contributed by atoms with Crippen LogP contribution in [0.25, 0.3) is 11.3 Å². The molecule has 228 valence electrons. The molecular formula is C29H40F3N3O5S. The Labute approximate surface area is 239 Å². The first-order valence-electron chi connectivity index (χ1n) is 14.2. The number of halogens is 3. The Morgan fingerprint density at radius 1 is 1.07 bits per heavy atom. The summed E-state index contributed by atoms with van der Waals surface area (Å²) < 4.78 is 78.4. The summed E-state index contributed by atoms with van der Waals surface area (Å²) in [5, 5.41) is 12.5. The summed E-state index contributed by atoms with van der Waals surface area (Å²) in [5.41, 5.74) is -1.03. The van der Waals surface area contributed by atoms with Crippen LogP contribution in [0.4, 0.5) is 13.2 Å². The fourth-order valence-electron chi connectivity index (χ4n) is 5.68. The topological polar surface area (TPSA) is 110 Å². The summed E-state index contributed by atoms with van der Waals surface area (Å²) in [4.78, 5) is 12.4. The molecule has 1 saturated carbocycles. The van der Waals surface area contributed by atoms with Crippen LogP contribution in [0.5, 0.6) is 0 Å². The number of ether oxygens (including phenoxy) is 1. The maximum Gasteiger partial charge on any atom is 0.417 e. The summed E-state index contributed by atoms with van der Waals surface area (Å²) in [7, 11) is -4.62. The van der Waals surface area contributed by atoms with Crippen molar-refractivity contribution >= 4 is 15.9 Å². The zero-order valence-electron chi connectivity index (χ0n) is 23.8. The molecule has 2 heterocycles. The first kappa shape index (κ1) is 31.5. The van der Waals surface area contributed by atoms with Gasteiger partial charge in [0, 0.05) is 37.2 Å². The molecule has 1 aromatic heterocycles. The van der Waals surface area contributed by atoms with E-state index in [0.29, 0.717) is 55.5 Å². The van der Waals surface area contributed by atoms with E-state index in [1.807, 2.05) is 4.57 Å². The monoisotopic (exact) mass is 599 g/mol. The van der Waals surface area contributed by atoms with E-state index in [2.05, 4.69) is 10.0 Å². The Kier molecular flexibility index (Phi) is 9.57. The van der Waals surface area contributed by atoms with E-state index >= 15 is 0 Å². The molecule has 41 heavy (non-hydrogen) atoms. The molecule has 0 bridgehead atoms. The molecule has 8 nitrogen and oxygen atoms in total. The Hall–Kier alpha value is -2.41. The van der Waals surface area contributed by atoms with Crippen molar-refractivity contribution in [2.75, 3.05) is 19.8 Å². The summed E-state index contributed by atoms with van der Waals surface area (Å²) in [5.74, 6) is 0.0374. The molecule has 2 aliphatic rings. The third-order valence-electron chi connectivity index (χ3n) is 8.01. The molecule has 0 unspecified atom stereocenters. The Bertz CT molecular complexity index is 1340. The number of aliphatic hydroxyl groups excluding tert-OH is 1. The summed E-state index contributed by atoms with van der Waals surface area (Å²) in [6.45, 7) is 5.61. The van der Waals surface area contributed by atoms with Gasteiger partial charge in [0.25, 0.3) is 5.91 Å². The Balaban J connectivity index is 1.78. The molecule has 1 amide bonds. The van der Waals surface area contributed by atoms with Gasteiger partial charge in [-0.2, -0.15) is 13.2 Å². The molecule has 4 rings (SSSR count). The first-order chi connectivity index (χ1) is 19.2. The van der Waals surface area contributed by atoms with Gasteiger partial charge in [0.05, 0.1) is 28.2 Å². The lowest BCUT2D eigenvalue weighted by atomic mass is 9.89. The van der Waals surface area contributed by atoms with Crippen LogP contribution in [0.3, 0.4) is 0 Å². The number of benzene rings is 1. The number of rotatable bonds is 9. The normalized spacial score (nSPS) is 18.0. The maximum atomic E-state index is 14.3. The standard InChI is InChI=1S/C29H40F3N3O5S/c1-19-23(27(37)33-22-11-13-40-14-12-22)16-25(35(19)17-20-7-5-4-6-8-20)21-9-10-26(24(15-21)29(30,31)32)41(38,39)34-28(2,3)18-36/h9-10,15-16,20,22,34,36H,4-8,11-14,17-18H2,1-3H3,(H,33,37). The number of aromatic nitrogens is 1. The Morgan fingerprint density at radius 3 is 2.34 bits per heavy atom. The number of hydrogen-bond donors (Lipinski definition) is 3. The van der Waals surface area contributed by atoms with Gasteiger partial charge in [0.2, 0.25) is 10.0 Å². The number of nitrogens with zero attached hydrogens (tertiary/aromatic N) is 1. The number of aliphatic hydroxyl groups is 1. The Morgan fingerprint density at radius 2 is 1.73 bits per heavy atom. The lowest BCUT2D eigenvalue weighted by Gasteiger charge is -2.25. The van der Waals surface area contributed by atoms with Gasteiger partial charge in [-0.25, -0.2) is 13.1 Å². The number of carbonyl (C=O) groups is 1. The van der Waals surface area contributed by atoms with Gasteiger partial charge in [-0.3, -0.25) is 4.79 Å². The highest BCUT2D eigenvalue weighted by molar-refractivity contribution is 7.89. The highest BCUT2D eigenvalue weighted by Crippen LogP contribution is 2.39. The van der Waals surface area contributed by atoms with Gasteiger partial charge in [-0.1, -0.05) is 25.3 Å². The van der Waals surface area contributed by atoms with Gasteiger partial charge in [0.15, 0.2) is 0 Å². The van der Waals surface area contributed by atoms with Crippen molar-refractivity contribution in [3.8, 4) is 11.3 Å². The van der Waals surface area contributed by atoms with Crippen LogP contribution in [0.15, 0.2) is 29.2 Å². The van der Waals surface area contributed by atoms with E-state index in [1.54, 1.807) is 13.0 Å². The average Bonchev–Trinajstić information content (AvgIpc) is 3.24. The number of nitrogens with one attached hydrogen (secondary N) is 2. The van der Waals surface area contributed by atoms with Gasteiger partial charge < -0.3 is 19.7 Å². The van der Waals surface area contributed by atoms with Crippen molar-refractivity contribution < 1.29 is 36.2 Å². The zero-order chi connectivity index (χ0) is 30.0. The van der Waals surface area contributed by atoms with Crippen molar-refractivity contribution in [2.45, 2.75) is 94.9 Å². The lowest BCUT2D eigenvalue weighted by molar-refractivity contribution is -0.139. The van der Waals surface area contributed by atoms with E-state index in [1.165, 1.54) is 19.9 Å². The summed E-state index contributed by atoms with van der Waals surface area (Å²) in [6.07, 6.45) is 1.72. The molecule has 12 heteroatoms. The van der Waals surface area contributed by atoms with Crippen LogP contribution in [-0.2, 0) is 27.5 Å². The fraction of sp³-hybridized carbons (Fsp3) is 0.621. The second-order valence-electron chi connectivity index (χ2n) is 11.9. The molecule has 1 aromatic carbocycles.